The zero-order chi connectivity index (χ0) is 18.9. The maximum absolute atomic E-state index is 11.4. The third-order valence-electron chi connectivity index (χ3n) is 3.20. The molecule has 0 fully saturated rings. The summed E-state index contributed by atoms with van der Waals surface area (Å²) in [5.74, 6) is -2.49. The average Bonchev–Trinajstić information content (AvgIpc) is 2.53. The van der Waals surface area contributed by atoms with Gasteiger partial charge in [0, 0.05) is 17.7 Å². The maximum Gasteiger partial charge on any atom is 0.336 e. The molecule has 2 aromatic rings. The topological polar surface area (TPSA) is 187 Å². The van der Waals surface area contributed by atoms with Crippen molar-refractivity contribution < 1.29 is 29.8 Å². The second-order valence-corrected chi connectivity index (χ2v) is 4.67. The molecule has 0 spiro atoms. The van der Waals surface area contributed by atoms with E-state index in [9.17, 15) is 45.4 Å². The van der Waals surface area contributed by atoms with Crippen LogP contribution in [0.4, 0.5) is 17.1 Å². The molecule has 12 heteroatoms. The molecule has 25 heavy (non-hydrogen) atoms. The number of aromatic carboxylic acids is 1. The molecule has 0 aromatic heterocycles. The van der Waals surface area contributed by atoms with Crippen LogP contribution in [0.25, 0.3) is 11.1 Å². The highest BCUT2D eigenvalue weighted by molar-refractivity contribution is 6.01. The number of nitro groups is 3. The summed E-state index contributed by atoms with van der Waals surface area (Å²) in [5, 5.41) is 51.9. The van der Waals surface area contributed by atoms with Crippen LogP contribution in [0, 0.1) is 30.3 Å². The Morgan fingerprint density at radius 3 is 1.92 bits per heavy atom. The van der Waals surface area contributed by atoms with E-state index in [1.54, 1.807) is 0 Å². The summed E-state index contributed by atoms with van der Waals surface area (Å²) >= 11 is 0. The fourth-order valence-electron chi connectivity index (χ4n) is 2.16. The summed E-state index contributed by atoms with van der Waals surface area (Å²) in [6, 6.07) is 3.67. The van der Waals surface area contributed by atoms with Gasteiger partial charge in [-0.3, -0.25) is 30.3 Å². The minimum Gasteiger partial charge on any atom is -0.507 e. The van der Waals surface area contributed by atoms with Crippen molar-refractivity contribution in [3.63, 3.8) is 0 Å². The van der Waals surface area contributed by atoms with E-state index in [1.807, 2.05) is 0 Å². The molecule has 0 heterocycles. The van der Waals surface area contributed by atoms with E-state index in [0.29, 0.717) is 18.2 Å². The van der Waals surface area contributed by atoms with Crippen LogP contribution >= 0.6 is 0 Å². The number of phenolic OH excluding ortho intramolecular Hbond substituents is 1. The molecule has 12 nitrogen and oxygen atoms in total. The lowest BCUT2D eigenvalue weighted by atomic mass is 9.96. The number of carboxylic acid groups (broad SMARTS) is 1. The van der Waals surface area contributed by atoms with Gasteiger partial charge in [0.15, 0.2) is 0 Å². The van der Waals surface area contributed by atoms with Gasteiger partial charge in [0.2, 0.25) is 0 Å². The van der Waals surface area contributed by atoms with Crippen molar-refractivity contribution in [3.05, 3.63) is 66.2 Å². The highest BCUT2D eigenvalue weighted by Gasteiger charge is 2.30. The number of phenols is 1. The number of non-ortho nitro benzene ring substituents is 2. The van der Waals surface area contributed by atoms with E-state index in [2.05, 4.69) is 0 Å². The molecule has 0 aliphatic heterocycles. The fraction of sp³-hybridized carbons (Fsp3) is 0. The second kappa shape index (κ2) is 6.19. The molecule has 0 atom stereocenters. The second-order valence-electron chi connectivity index (χ2n) is 4.67. The van der Waals surface area contributed by atoms with E-state index in [4.69, 9.17) is 0 Å². The predicted octanol–water partition coefficient (Wildman–Crippen LogP) is 2.48. The maximum atomic E-state index is 11.4. The molecule has 0 saturated heterocycles. The third kappa shape index (κ3) is 3.17. The summed E-state index contributed by atoms with van der Waals surface area (Å²) in [7, 11) is 0. The van der Waals surface area contributed by atoms with E-state index in [-0.39, 0.29) is 5.56 Å². The number of carbonyl (C=O) groups is 1. The van der Waals surface area contributed by atoms with E-state index in [1.165, 1.54) is 0 Å². The van der Waals surface area contributed by atoms with Crippen LogP contribution in [-0.4, -0.2) is 31.0 Å². The number of benzene rings is 2. The van der Waals surface area contributed by atoms with Crippen LogP contribution in [0.15, 0.2) is 30.3 Å². The fourth-order valence-corrected chi connectivity index (χ4v) is 2.16. The van der Waals surface area contributed by atoms with Crippen molar-refractivity contribution >= 4 is 23.0 Å². The van der Waals surface area contributed by atoms with Crippen molar-refractivity contribution in [2.75, 3.05) is 0 Å². The van der Waals surface area contributed by atoms with Crippen LogP contribution in [0.5, 0.6) is 5.75 Å². The van der Waals surface area contributed by atoms with Gasteiger partial charge >= 0.3 is 5.97 Å². The normalized spacial score (nSPS) is 10.2. The number of hydrogen-bond acceptors (Lipinski definition) is 8. The summed E-state index contributed by atoms with van der Waals surface area (Å²) in [5.41, 5.74) is -4.07. The number of hydrogen-bond donors (Lipinski definition) is 2. The minimum atomic E-state index is -1.71. The van der Waals surface area contributed by atoms with Crippen LogP contribution in [0.1, 0.15) is 10.4 Å². The van der Waals surface area contributed by atoms with Gasteiger partial charge in [0.25, 0.3) is 17.1 Å². The summed E-state index contributed by atoms with van der Waals surface area (Å²) in [4.78, 5) is 41.3. The third-order valence-corrected chi connectivity index (χ3v) is 3.20. The Labute approximate surface area is 137 Å². The molecular weight excluding hydrogens is 342 g/mol. The lowest BCUT2D eigenvalue weighted by Crippen LogP contribution is -2.05. The molecule has 128 valence electrons. The van der Waals surface area contributed by atoms with Gasteiger partial charge < -0.3 is 10.2 Å². The molecule has 0 aliphatic carbocycles. The Morgan fingerprint density at radius 2 is 1.48 bits per heavy atom. The number of aromatic hydroxyl groups is 1. The van der Waals surface area contributed by atoms with Crippen LogP contribution < -0.4 is 0 Å². The van der Waals surface area contributed by atoms with Gasteiger partial charge in [-0.25, -0.2) is 4.79 Å². The average molecular weight is 349 g/mol. The zero-order valence-corrected chi connectivity index (χ0v) is 12.0. The lowest BCUT2D eigenvalue weighted by Gasteiger charge is -2.09. The number of rotatable bonds is 5. The molecule has 0 aliphatic rings. The smallest absolute Gasteiger partial charge is 0.336 e. The highest BCUT2D eigenvalue weighted by Crippen LogP contribution is 2.41. The highest BCUT2D eigenvalue weighted by atomic mass is 16.6. The van der Waals surface area contributed by atoms with Gasteiger partial charge in [-0.1, -0.05) is 0 Å². The van der Waals surface area contributed by atoms with Gasteiger partial charge in [0.1, 0.15) is 5.75 Å². The SMILES string of the molecule is O=C(O)c1cc([N+](=O)[O-])cc([N+](=O)[O-])c1-c1ccc([N+](=O)[O-])cc1O. The van der Waals surface area contributed by atoms with Crippen molar-refractivity contribution in [3.8, 4) is 16.9 Å². The Kier molecular flexibility index (Phi) is 4.28. The molecule has 0 bridgehead atoms. The lowest BCUT2D eigenvalue weighted by molar-refractivity contribution is -0.393. The zero-order valence-electron chi connectivity index (χ0n) is 12.0. The number of nitrogens with zero attached hydrogens (tertiary/aromatic N) is 3. The first-order valence-corrected chi connectivity index (χ1v) is 6.31. The van der Waals surface area contributed by atoms with E-state index in [0.717, 1.165) is 12.1 Å². The standard InChI is InChI=1S/C13H7N3O9/c17-11-5-6(14(20)21)1-2-8(11)12-9(13(18)19)3-7(15(22)23)4-10(12)16(24)25/h1-5,17H,(H,18,19). The van der Waals surface area contributed by atoms with E-state index < -0.39 is 54.7 Å². The van der Waals surface area contributed by atoms with Crippen LogP contribution in [0.3, 0.4) is 0 Å². The summed E-state index contributed by atoms with van der Waals surface area (Å²) in [6.45, 7) is 0. The monoisotopic (exact) mass is 349 g/mol. The Morgan fingerprint density at radius 1 is 0.880 bits per heavy atom. The first-order valence-electron chi connectivity index (χ1n) is 6.31. The number of carboxylic acids is 1. The Balaban J connectivity index is 2.88. The van der Waals surface area contributed by atoms with Crippen molar-refractivity contribution in [2.24, 2.45) is 0 Å². The quantitative estimate of drug-likeness (QED) is 0.603. The molecule has 2 rings (SSSR count). The van der Waals surface area contributed by atoms with Gasteiger partial charge in [-0.2, -0.15) is 0 Å². The first kappa shape index (κ1) is 17.3. The summed E-state index contributed by atoms with van der Waals surface area (Å²) in [6.07, 6.45) is 0. The molecule has 2 N–H and O–H groups in total. The first-order chi connectivity index (χ1) is 11.6. The van der Waals surface area contributed by atoms with Crippen LogP contribution in [0.2, 0.25) is 0 Å². The van der Waals surface area contributed by atoms with Crippen molar-refractivity contribution in [2.45, 2.75) is 0 Å². The molecule has 0 radical (unpaired) electrons. The molecule has 0 amide bonds. The molecule has 2 aromatic carbocycles. The summed E-state index contributed by atoms with van der Waals surface area (Å²) < 4.78 is 0. The Hall–Kier alpha value is -4.09. The molecule has 0 saturated carbocycles. The van der Waals surface area contributed by atoms with Crippen molar-refractivity contribution in [1.29, 1.82) is 0 Å². The minimum absolute atomic E-state index is 0.385. The Bertz CT molecular complexity index is 903. The van der Waals surface area contributed by atoms with Crippen LogP contribution in [-0.2, 0) is 0 Å². The molecule has 0 unspecified atom stereocenters. The van der Waals surface area contributed by atoms with Crippen molar-refractivity contribution in [1.82, 2.24) is 0 Å². The largest absolute Gasteiger partial charge is 0.507 e. The predicted molar refractivity (Wildman–Crippen MR) is 80.5 cm³/mol. The van der Waals surface area contributed by atoms with Gasteiger partial charge in [-0.05, 0) is 6.07 Å². The van der Waals surface area contributed by atoms with Gasteiger partial charge in [0.05, 0.1) is 38.0 Å². The molecular formula is C13H7N3O9. The number of nitro benzene ring substituents is 3. The van der Waals surface area contributed by atoms with E-state index >= 15 is 0 Å². The van der Waals surface area contributed by atoms with Gasteiger partial charge in [-0.15, -0.1) is 0 Å².